The first-order valence-electron chi connectivity index (χ1n) is 12.5. The Hall–Kier alpha value is -2.51. The van der Waals surface area contributed by atoms with E-state index in [1.165, 1.54) is 0 Å². The number of rotatable bonds is 2. The number of allylic oxidation sites excluding steroid dienone is 3. The third-order valence-electron chi connectivity index (χ3n) is 7.30. The smallest absolute Gasteiger partial charge is 0.407 e. The van der Waals surface area contributed by atoms with Crippen LogP contribution in [0, 0.1) is 5.92 Å². The second-order valence-electron chi connectivity index (χ2n) is 10.3. The molecule has 7 nitrogen and oxygen atoms in total. The van der Waals surface area contributed by atoms with E-state index in [1.807, 2.05) is 25.1 Å². The Morgan fingerprint density at radius 1 is 1.25 bits per heavy atom. The van der Waals surface area contributed by atoms with E-state index in [2.05, 4.69) is 31.3 Å². The zero-order chi connectivity index (χ0) is 26.5. The molecular weight excluding hydrogens is 480 g/mol. The number of carbonyl (C=O) groups is 2. The van der Waals surface area contributed by atoms with Crippen LogP contribution in [-0.2, 0) is 20.7 Å². The van der Waals surface area contributed by atoms with E-state index in [0.717, 1.165) is 24.0 Å². The molecule has 2 amide bonds. The fraction of sp³-hybridized carbons (Fsp3) is 0.571. The van der Waals surface area contributed by atoms with E-state index in [1.54, 1.807) is 26.2 Å². The van der Waals surface area contributed by atoms with Crippen molar-refractivity contribution in [1.29, 1.82) is 0 Å². The van der Waals surface area contributed by atoms with Gasteiger partial charge in [0.1, 0.15) is 16.9 Å². The molecule has 36 heavy (non-hydrogen) atoms. The number of hydrogen-bond acceptors (Lipinski definition) is 5. The van der Waals surface area contributed by atoms with E-state index < -0.39 is 5.60 Å². The van der Waals surface area contributed by atoms with Crippen LogP contribution < -0.4 is 15.0 Å². The zero-order valence-corrected chi connectivity index (χ0v) is 23.0. The van der Waals surface area contributed by atoms with Crippen molar-refractivity contribution in [2.75, 3.05) is 26.2 Å². The quantitative estimate of drug-likeness (QED) is 0.532. The number of alkyl carbamates (subject to hydrolysis) is 1. The van der Waals surface area contributed by atoms with Crippen LogP contribution in [0.5, 0.6) is 5.75 Å². The van der Waals surface area contributed by atoms with Gasteiger partial charge in [0.15, 0.2) is 0 Å². The third-order valence-corrected chi connectivity index (χ3v) is 7.68. The molecule has 4 atom stereocenters. The summed E-state index contributed by atoms with van der Waals surface area (Å²) in [5.74, 6) is 0.546. The monoisotopic (exact) mass is 518 g/mol. The van der Waals surface area contributed by atoms with Crippen molar-refractivity contribution >= 4 is 29.3 Å². The Bertz CT molecular complexity index is 1020. The predicted octanol–water partition coefficient (Wildman–Crippen LogP) is 5.84. The van der Waals surface area contributed by atoms with Gasteiger partial charge in [-0.05, 0) is 63.1 Å². The highest BCUT2D eigenvalue weighted by Crippen LogP contribution is 2.37. The lowest BCUT2D eigenvalue weighted by Crippen LogP contribution is -2.48. The average Bonchev–Trinajstić information content (AvgIpc) is 2.84. The van der Waals surface area contributed by atoms with Gasteiger partial charge in [0.25, 0.3) is 0 Å². The van der Waals surface area contributed by atoms with Crippen molar-refractivity contribution in [1.82, 2.24) is 5.32 Å². The first kappa shape index (κ1) is 28.1. The number of nitrogens with zero attached hydrogens (tertiary/aromatic N) is 1. The highest BCUT2D eigenvalue weighted by molar-refractivity contribution is 6.35. The number of hydrogen-bond donors (Lipinski definition) is 1. The van der Waals surface area contributed by atoms with Gasteiger partial charge in [0, 0.05) is 33.0 Å². The minimum absolute atomic E-state index is 0.0119. The maximum atomic E-state index is 13.2. The molecule has 1 saturated heterocycles. The maximum absolute atomic E-state index is 13.2. The van der Waals surface area contributed by atoms with Crippen molar-refractivity contribution in [3.8, 4) is 5.75 Å². The van der Waals surface area contributed by atoms with Crippen molar-refractivity contribution < 1.29 is 23.8 Å². The second-order valence-corrected chi connectivity index (χ2v) is 10.7. The van der Waals surface area contributed by atoms with Crippen LogP contribution in [0.4, 0.5) is 10.5 Å². The third kappa shape index (κ3) is 7.04. The molecular formula is C28H39ClN2O5. The van der Waals surface area contributed by atoms with Crippen LogP contribution in [0.25, 0.3) is 0 Å². The number of ether oxygens (including phenoxy) is 3. The standard InChI is InChI=1S/C28H39ClN2O5/c1-18-9-7-8-10-21-16-23(36-27(33)30-21)19(2)17-28(3,35-6)12-11-25(32)31(4)22-14-20(13-18)15-24(34-5)26(22)29/h7-9,14-15,19,21,23H,10-13,16-17H2,1-6H3,(H,30,33)/b8-7+,18-9+/t19-,21?,23-,28-/m0/s1. The first-order chi connectivity index (χ1) is 17.0. The number of amides is 2. The Morgan fingerprint density at radius 2 is 2.00 bits per heavy atom. The highest BCUT2D eigenvalue weighted by atomic mass is 35.5. The number of carbonyl (C=O) groups excluding carboxylic acids is 2. The van der Waals surface area contributed by atoms with Gasteiger partial charge < -0.3 is 24.4 Å². The summed E-state index contributed by atoms with van der Waals surface area (Å²) >= 11 is 6.62. The molecule has 1 unspecified atom stereocenters. The summed E-state index contributed by atoms with van der Waals surface area (Å²) in [6, 6.07) is 3.87. The number of halogens is 1. The molecule has 198 valence electrons. The number of nitrogens with one attached hydrogen (secondary N) is 1. The van der Waals surface area contributed by atoms with Crippen LogP contribution >= 0.6 is 11.6 Å². The molecule has 0 saturated carbocycles. The summed E-state index contributed by atoms with van der Waals surface area (Å²) in [6.45, 7) is 6.14. The summed E-state index contributed by atoms with van der Waals surface area (Å²) < 4.78 is 17.0. The van der Waals surface area contributed by atoms with Gasteiger partial charge in [-0.25, -0.2) is 4.79 Å². The Morgan fingerprint density at radius 3 is 2.69 bits per heavy atom. The van der Waals surface area contributed by atoms with Gasteiger partial charge in [-0.15, -0.1) is 0 Å². The van der Waals surface area contributed by atoms with Crippen LogP contribution in [0.1, 0.15) is 58.4 Å². The Labute approximate surface area is 219 Å². The molecule has 1 N–H and O–H groups in total. The summed E-state index contributed by atoms with van der Waals surface area (Å²) in [4.78, 5) is 27.1. The largest absolute Gasteiger partial charge is 0.495 e. The average molecular weight is 519 g/mol. The van der Waals surface area contributed by atoms with Gasteiger partial charge in [-0.1, -0.05) is 42.3 Å². The van der Waals surface area contributed by atoms with Crippen LogP contribution in [-0.4, -0.2) is 51.0 Å². The Kier molecular flexibility index (Phi) is 9.47. The molecule has 0 aliphatic carbocycles. The number of benzene rings is 1. The van der Waals surface area contributed by atoms with Gasteiger partial charge in [-0.2, -0.15) is 0 Å². The van der Waals surface area contributed by atoms with Gasteiger partial charge in [0.05, 0.1) is 18.4 Å². The fourth-order valence-corrected chi connectivity index (χ4v) is 5.30. The predicted molar refractivity (Wildman–Crippen MR) is 143 cm³/mol. The van der Waals surface area contributed by atoms with Gasteiger partial charge in [-0.3, -0.25) is 4.79 Å². The summed E-state index contributed by atoms with van der Waals surface area (Å²) in [7, 11) is 4.98. The van der Waals surface area contributed by atoms with Crippen molar-refractivity contribution in [3.05, 3.63) is 46.5 Å². The van der Waals surface area contributed by atoms with E-state index >= 15 is 0 Å². The molecule has 1 fully saturated rings. The minimum atomic E-state index is -0.546. The zero-order valence-electron chi connectivity index (χ0n) is 22.2. The fourth-order valence-electron chi connectivity index (χ4n) is 4.99. The van der Waals surface area contributed by atoms with Crippen LogP contribution in [0.2, 0.25) is 5.02 Å². The molecule has 8 heteroatoms. The molecule has 4 bridgehead atoms. The lowest BCUT2D eigenvalue weighted by atomic mass is 9.83. The number of methoxy groups -OCH3 is 2. The molecule has 0 spiro atoms. The Balaban J connectivity index is 1.95. The normalized spacial score (nSPS) is 30.6. The molecule has 2 aliphatic heterocycles. The highest BCUT2D eigenvalue weighted by Gasteiger charge is 2.36. The number of anilines is 1. The maximum Gasteiger partial charge on any atom is 0.407 e. The number of fused-ring (bicyclic) bond motifs is 4. The van der Waals surface area contributed by atoms with E-state index in [0.29, 0.717) is 35.7 Å². The van der Waals surface area contributed by atoms with E-state index in [4.69, 9.17) is 25.8 Å². The van der Waals surface area contributed by atoms with Crippen molar-refractivity contribution in [3.63, 3.8) is 0 Å². The summed E-state index contributed by atoms with van der Waals surface area (Å²) in [6.07, 6.45) is 9.18. The van der Waals surface area contributed by atoms with Crippen LogP contribution in [0.15, 0.2) is 35.9 Å². The van der Waals surface area contributed by atoms with Gasteiger partial charge >= 0.3 is 6.09 Å². The molecule has 3 rings (SSSR count). The molecule has 0 radical (unpaired) electrons. The summed E-state index contributed by atoms with van der Waals surface area (Å²) in [5, 5.41) is 3.35. The molecule has 0 aromatic heterocycles. The molecule has 1 aromatic rings. The molecule has 2 aliphatic rings. The van der Waals surface area contributed by atoms with Crippen molar-refractivity contribution in [2.24, 2.45) is 5.92 Å². The summed E-state index contributed by atoms with van der Waals surface area (Å²) in [5.41, 5.74) is 2.22. The SMILES string of the molecule is COc1cc2cc(c1Cl)N(C)C(=O)CC[C@](C)(OC)C[C@H](C)[C@@H]1CC(C/C=C/C=C(\C)C2)NC(=O)O1. The molecule has 2 heterocycles. The van der Waals surface area contributed by atoms with E-state index in [9.17, 15) is 9.59 Å². The topological polar surface area (TPSA) is 77.1 Å². The second kappa shape index (κ2) is 12.2. The van der Waals surface area contributed by atoms with Crippen LogP contribution in [0.3, 0.4) is 0 Å². The lowest BCUT2D eigenvalue weighted by Gasteiger charge is -2.37. The van der Waals surface area contributed by atoms with E-state index in [-0.39, 0.29) is 36.5 Å². The van der Waals surface area contributed by atoms with Crippen molar-refractivity contribution in [2.45, 2.75) is 77.0 Å². The van der Waals surface area contributed by atoms with Gasteiger partial charge in [0.2, 0.25) is 5.91 Å². The first-order valence-corrected chi connectivity index (χ1v) is 12.9. The molecule has 1 aromatic carbocycles. The lowest BCUT2D eigenvalue weighted by molar-refractivity contribution is -0.120. The minimum Gasteiger partial charge on any atom is -0.495 e.